The molecule has 0 aliphatic heterocycles. The summed E-state index contributed by atoms with van der Waals surface area (Å²) in [6.45, 7) is 9.82. The van der Waals surface area contributed by atoms with E-state index in [1.165, 1.54) is 0 Å². The number of methoxy groups -OCH3 is 1. The van der Waals surface area contributed by atoms with Crippen molar-refractivity contribution >= 4 is 0 Å². The molecule has 21 heavy (non-hydrogen) atoms. The molecule has 0 saturated carbocycles. The minimum atomic E-state index is 0.0418. The van der Waals surface area contributed by atoms with Crippen molar-refractivity contribution in [2.75, 3.05) is 33.4 Å². The first-order chi connectivity index (χ1) is 10.1. The summed E-state index contributed by atoms with van der Waals surface area (Å²) in [7, 11) is 1.66. The van der Waals surface area contributed by atoms with Gasteiger partial charge in [0.25, 0.3) is 0 Å². The zero-order valence-electron chi connectivity index (χ0n) is 13.9. The summed E-state index contributed by atoms with van der Waals surface area (Å²) < 4.78 is 11.2. The molecular weight excluding hydrogens is 264 g/mol. The third kappa shape index (κ3) is 4.90. The van der Waals surface area contributed by atoms with Gasteiger partial charge in [0, 0.05) is 18.6 Å². The summed E-state index contributed by atoms with van der Waals surface area (Å²) >= 11 is 0. The van der Waals surface area contributed by atoms with Crippen LogP contribution in [0, 0.1) is 0 Å². The zero-order valence-corrected chi connectivity index (χ0v) is 13.9. The van der Waals surface area contributed by atoms with Crippen molar-refractivity contribution in [3.8, 4) is 11.5 Å². The van der Waals surface area contributed by atoms with Crippen molar-refractivity contribution in [1.29, 1.82) is 0 Å². The Morgan fingerprint density at radius 1 is 1.14 bits per heavy atom. The van der Waals surface area contributed by atoms with Crippen LogP contribution in [0.4, 0.5) is 0 Å². The molecule has 2 N–H and O–H groups in total. The van der Waals surface area contributed by atoms with Gasteiger partial charge in [-0.2, -0.15) is 0 Å². The van der Waals surface area contributed by atoms with Gasteiger partial charge in [0.05, 0.1) is 7.11 Å². The van der Waals surface area contributed by atoms with E-state index in [9.17, 15) is 0 Å². The van der Waals surface area contributed by atoms with Crippen molar-refractivity contribution in [3.63, 3.8) is 0 Å². The first-order valence-electron chi connectivity index (χ1n) is 7.82. The lowest BCUT2D eigenvalue weighted by atomic mass is 9.96. The van der Waals surface area contributed by atoms with E-state index in [4.69, 9.17) is 15.2 Å². The van der Waals surface area contributed by atoms with Crippen LogP contribution in [0.3, 0.4) is 0 Å². The highest BCUT2D eigenvalue weighted by Gasteiger charge is 2.27. The normalized spacial score (nSPS) is 14.0. The molecule has 1 unspecified atom stereocenters. The quantitative estimate of drug-likeness (QED) is 0.721. The Hall–Kier alpha value is -1.26. The molecule has 0 aliphatic carbocycles. The second-order valence-electron chi connectivity index (χ2n) is 5.54. The molecule has 4 heteroatoms. The zero-order chi connectivity index (χ0) is 15.7. The largest absolute Gasteiger partial charge is 0.493 e. The van der Waals surface area contributed by atoms with Crippen LogP contribution in [-0.4, -0.2) is 43.8 Å². The molecule has 0 fully saturated rings. The highest BCUT2D eigenvalue weighted by atomic mass is 16.5. The lowest BCUT2D eigenvalue weighted by Crippen LogP contribution is -2.52. The maximum absolute atomic E-state index is 5.97. The summed E-state index contributed by atoms with van der Waals surface area (Å²) in [6, 6.07) is 7.75. The predicted octanol–water partition coefficient (Wildman–Crippen LogP) is 2.91. The van der Waals surface area contributed by atoms with Gasteiger partial charge in [-0.15, -0.1) is 0 Å². The van der Waals surface area contributed by atoms with Crippen molar-refractivity contribution in [1.82, 2.24) is 4.90 Å². The van der Waals surface area contributed by atoms with Gasteiger partial charge in [0.2, 0.25) is 0 Å². The van der Waals surface area contributed by atoms with E-state index in [2.05, 4.69) is 25.7 Å². The molecule has 1 atom stereocenters. The van der Waals surface area contributed by atoms with Gasteiger partial charge in [-0.05, 0) is 38.4 Å². The van der Waals surface area contributed by atoms with Crippen LogP contribution in [0.5, 0.6) is 11.5 Å². The second kappa shape index (κ2) is 8.90. The van der Waals surface area contributed by atoms with Gasteiger partial charge in [-0.1, -0.05) is 26.0 Å². The van der Waals surface area contributed by atoms with E-state index in [0.29, 0.717) is 13.2 Å². The summed E-state index contributed by atoms with van der Waals surface area (Å²) in [6.07, 6.45) is 2.16. The number of nitrogens with zero attached hydrogens (tertiary/aromatic N) is 1. The number of hydrogen-bond donors (Lipinski definition) is 1. The Bertz CT molecular complexity index is 406. The van der Waals surface area contributed by atoms with E-state index >= 15 is 0 Å². The molecule has 0 aromatic heterocycles. The molecule has 1 rings (SSSR count). The maximum Gasteiger partial charge on any atom is 0.161 e. The van der Waals surface area contributed by atoms with Gasteiger partial charge in [0.15, 0.2) is 11.5 Å². The average Bonchev–Trinajstić information content (AvgIpc) is 2.53. The van der Waals surface area contributed by atoms with Crippen molar-refractivity contribution < 1.29 is 9.47 Å². The van der Waals surface area contributed by atoms with Crippen molar-refractivity contribution in [2.45, 2.75) is 39.2 Å². The van der Waals surface area contributed by atoms with Gasteiger partial charge < -0.3 is 15.2 Å². The molecule has 1 aromatic rings. The first-order valence-corrected chi connectivity index (χ1v) is 7.82. The molecule has 1 aromatic carbocycles. The number of ether oxygens (including phenoxy) is 2. The lowest BCUT2D eigenvalue weighted by Gasteiger charge is -2.40. The molecule has 0 amide bonds. The first kappa shape index (κ1) is 17.8. The van der Waals surface area contributed by atoms with E-state index < -0.39 is 0 Å². The fourth-order valence-corrected chi connectivity index (χ4v) is 2.42. The van der Waals surface area contributed by atoms with E-state index in [-0.39, 0.29) is 5.54 Å². The van der Waals surface area contributed by atoms with Gasteiger partial charge in [0.1, 0.15) is 6.61 Å². The highest BCUT2D eigenvalue weighted by molar-refractivity contribution is 5.39. The Morgan fingerprint density at radius 3 is 2.33 bits per heavy atom. The van der Waals surface area contributed by atoms with Crippen LogP contribution >= 0.6 is 0 Å². The second-order valence-corrected chi connectivity index (χ2v) is 5.54. The molecule has 0 heterocycles. The minimum Gasteiger partial charge on any atom is -0.493 e. The topological polar surface area (TPSA) is 47.7 Å². The number of hydrogen-bond acceptors (Lipinski definition) is 4. The SMILES string of the molecule is CCCN(CCOc1ccccc1OC)C(C)(CC)CN. The predicted molar refractivity (Wildman–Crippen MR) is 88.1 cm³/mol. The third-order valence-electron chi connectivity index (χ3n) is 4.15. The molecule has 0 spiro atoms. The number of para-hydroxylation sites is 2. The number of nitrogens with two attached hydrogens (primary N) is 1. The molecule has 0 radical (unpaired) electrons. The van der Waals surface area contributed by atoms with Crippen LogP contribution in [-0.2, 0) is 0 Å². The standard InChI is InChI=1S/C17H30N2O2/c1-5-11-19(17(3,6-2)14-18)12-13-21-16-10-8-7-9-15(16)20-4/h7-10H,5-6,11-14,18H2,1-4H3. The summed E-state index contributed by atoms with van der Waals surface area (Å²) in [5, 5.41) is 0. The van der Waals surface area contributed by atoms with Crippen LogP contribution in [0.1, 0.15) is 33.6 Å². The molecule has 0 saturated heterocycles. The molecule has 0 bridgehead atoms. The van der Waals surface area contributed by atoms with E-state index in [1.54, 1.807) is 7.11 Å². The van der Waals surface area contributed by atoms with E-state index in [1.807, 2.05) is 24.3 Å². The molecule has 4 nitrogen and oxygen atoms in total. The smallest absolute Gasteiger partial charge is 0.161 e. The van der Waals surface area contributed by atoms with Crippen LogP contribution < -0.4 is 15.2 Å². The van der Waals surface area contributed by atoms with Crippen molar-refractivity contribution in [3.05, 3.63) is 24.3 Å². The Labute approximate surface area is 129 Å². The number of benzene rings is 1. The molecule has 120 valence electrons. The summed E-state index contributed by atoms with van der Waals surface area (Å²) in [5.41, 5.74) is 6.02. The fraction of sp³-hybridized carbons (Fsp3) is 0.647. The average molecular weight is 294 g/mol. The van der Waals surface area contributed by atoms with Gasteiger partial charge in [-0.3, -0.25) is 4.90 Å². The third-order valence-corrected chi connectivity index (χ3v) is 4.15. The fourth-order valence-electron chi connectivity index (χ4n) is 2.42. The minimum absolute atomic E-state index is 0.0418. The molecular formula is C17H30N2O2. The Balaban J connectivity index is 2.61. The van der Waals surface area contributed by atoms with Crippen molar-refractivity contribution in [2.24, 2.45) is 5.73 Å². The van der Waals surface area contributed by atoms with Crippen LogP contribution in [0.2, 0.25) is 0 Å². The Morgan fingerprint density at radius 2 is 1.81 bits per heavy atom. The van der Waals surface area contributed by atoms with Gasteiger partial charge in [-0.25, -0.2) is 0 Å². The Kier molecular flexibility index (Phi) is 7.54. The molecule has 0 aliphatic rings. The monoisotopic (exact) mass is 294 g/mol. The summed E-state index contributed by atoms with van der Waals surface area (Å²) in [5.74, 6) is 1.57. The maximum atomic E-state index is 5.97. The highest BCUT2D eigenvalue weighted by Crippen LogP contribution is 2.26. The number of rotatable bonds is 10. The van der Waals surface area contributed by atoms with E-state index in [0.717, 1.165) is 37.4 Å². The summed E-state index contributed by atoms with van der Waals surface area (Å²) in [4.78, 5) is 2.43. The van der Waals surface area contributed by atoms with Crippen LogP contribution in [0.25, 0.3) is 0 Å². The van der Waals surface area contributed by atoms with Gasteiger partial charge >= 0.3 is 0 Å². The lowest BCUT2D eigenvalue weighted by molar-refractivity contribution is 0.0863. The van der Waals surface area contributed by atoms with Crippen LogP contribution in [0.15, 0.2) is 24.3 Å².